The molecular weight excluding hydrogens is 150 g/mol. The summed E-state index contributed by atoms with van der Waals surface area (Å²) in [5.74, 6) is 0. The van der Waals surface area contributed by atoms with E-state index in [0.29, 0.717) is 0 Å². The summed E-state index contributed by atoms with van der Waals surface area (Å²) in [6.45, 7) is 2.00. The first-order valence-corrected chi connectivity index (χ1v) is 3.84. The quantitative estimate of drug-likeness (QED) is 0.583. The van der Waals surface area contributed by atoms with Gasteiger partial charge in [0.2, 0.25) is 6.41 Å². The number of carbonyl (C=O) groups excluding carboxylic acids is 1. The summed E-state index contributed by atoms with van der Waals surface area (Å²) >= 11 is 0. The van der Waals surface area contributed by atoms with Gasteiger partial charge in [-0.1, -0.05) is 18.2 Å². The lowest BCUT2D eigenvalue weighted by Gasteiger charge is -1.97. The Bertz CT molecular complexity index is 428. The second kappa shape index (κ2) is 2.48. The number of benzene rings is 1. The Morgan fingerprint density at radius 2 is 2.17 bits per heavy atom. The van der Waals surface area contributed by atoms with Gasteiger partial charge in [-0.3, -0.25) is 9.36 Å². The first-order chi connectivity index (χ1) is 5.83. The molecule has 0 spiro atoms. The average molecular weight is 159 g/mol. The van der Waals surface area contributed by atoms with Gasteiger partial charge in [-0.2, -0.15) is 0 Å². The first-order valence-electron chi connectivity index (χ1n) is 3.84. The van der Waals surface area contributed by atoms with E-state index in [2.05, 4.69) is 0 Å². The van der Waals surface area contributed by atoms with Crippen molar-refractivity contribution in [1.29, 1.82) is 0 Å². The lowest BCUT2D eigenvalue weighted by molar-refractivity contribution is 0.549. The minimum absolute atomic E-state index is 0.829. The minimum atomic E-state index is 0.829. The second-order valence-electron chi connectivity index (χ2n) is 2.84. The Morgan fingerprint density at radius 3 is 2.92 bits per heavy atom. The highest BCUT2D eigenvalue weighted by Crippen LogP contribution is 2.17. The van der Waals surface area contributed by atoms with Crippen molar-refractivity contribution in [1.82, 2.24) is 4.57 Å². The van der Waals surface area contributed by atoms with E-state index in [9.17, 15) is 4.79 Å². The molecule has 0 amide bonds. The lowest BCUT2D eigenvalue weighted by Crippen LogP contribution is -1.92. The van der Waals surface area contributed by atoms with Crippen LogP contribution in [0, 0.1) is 6.92 Å². The van der Waals surface area contributed by atoms with Gasteiger partial charge in [0, 0.05) is 11.6 Å². The third-order valence-corrected chi connectivity index (χ3v) is 2.06. The summed E-state index contributed by atoms with van der Waals surface area (Å²) in [6, 6.07) is 7.94. The predicted molar refractivity (Wildman–Crippen MR) is 48.8 cm³/mol. The third-order valence-electron chi connectivity index (χ3n) is 2.06. The molecule has 2 aromatic rings. The molecule has 0 unspecified atom stereocenters. The Morgan fingerprint density at radius 1 is 1.33 bits per heavy atom. The monoisotopic (exact) mass is 159 g/mol. The molecule has 1 aromatic heterocycles. The van der Waals surface area contributed by atoms with Gasteiger partial charge in [-0.05, 0) is 18.6 Å². The fourth-order valence-corrected chi connectivity index (χ4v) is 1.49. The molecule has 0 N–H and O–H groups in total. The number of para-hydroxylation sites is 1. The van der Waals surface area contributed by atoms with Gasteiger partial charge in [-0.15, -0.1) is 0 Å². The number of carbonyl (C=O) groups is 1. The number of hydrogen-bond donors (Lipinski definition) is 0. The van der Waals surface area contributed by atoms with Crippen LogP contribution in [0.25, 0.3) is 10.9 Å². The van der Waals surface area contributed by atoms with E-state index in [4.69, 9.17) is 0 Å². The van der Waals surface area contributed by atoms with E-state index >= 15 is 0 Å². The Kier molecular flexibility index (Phi) is 1.47. The molecule has 60 valence electrons. The van der Waals surface area contributed by atoms with Crippen molar-refractivity contribution in [2.24, 2.45) is 0 Å². The van der Waals surface area contributed by atoms with Gasteiger partial charge in [0.15, 0.2) is 0 Å². The standard InChI is InChI=1S/C10H9NO/c1-8-3-2-4-9-5-6-11(7-12)10(8)9/h2-7H,1H3. The fraction of sp³-hybridized carbons (Fsp3) is 0.100. The number of aryl methyl sites for hydroxylation is 1. The third kappa shape index (κ3) is 0.848. The molecule has 0 atom stereocenters. The molecule has 1 heterocycles. The van der Waals surface area contributed by atoms with Crippen molar-refractivity contribution in [3.63, 3.8) is 0 Å². The van der Waals surface area contributed by atoms with Gasteiger partial charge >= 0.3 is 0 Å². The zero-order valence-corrected chi connectivity index (χ0v) is 6.82. The maximum Gasteiger partial charge on any atom is 0.218 e. The van der Waals surface area contributed by atoms with Gasteiger partial charge in [0.05, 0.1) is 5.52 Å². The van der Waals surface area contributed by atoms with Crippen molar-refractivity contribution in [3.05, 3.63) is 36.0 Å². The molecule has 2 rings (SSSR count). The summed E-state index contributed by atoms with van der Waals surface area (Å²) < 4.78 is 1.60. The van der Waals surface area contributed by atoms with Gasteiger partial charge in [0.1, 0.15) is 0 Å². The van der Waals surface area contributed by atoms with Crippen molar-refractivity contribution in [3.8, 4) is 0 Å². The zero-order valence-electron chi connectivity index (χ0n) is 6.82. The highest BCUT2D eigenvalue weighted by atomic mass is 16.1. The van der Waals surface area contributed by atoms with Crippen LogP contribution in [0.3, 0.4) is 0 Å². The second-order valence-corrected chi connectivity index (χ2v) is 2.84. The van der Waals surface area contributed by atoms with E-state index in [-0.39, 0.29) is 0 Å². The van der Waals surface area contributed by atoms with Crippen LogP contribution in [0.1, 0.15) is 5.56 Å². The van der Waals surface area contributed by atoms with Gasteiger partial charge in [0.25, 0.3) is 0 Å². The van der Waals surface area contributed by atoms with Gasteiger partial charge < -0.3 is 0 Å². The number of aromatic nitrogens is 1. The number of rotatable bonds is 1. The van der Waals surface area contributed by atoms with Crippen LogP contribution in [-0.4, -0.2) is 11.0 Å². The van der Waals surface area contributed by atoms with E-state index in [1.165, 1.54) is 0 Å². The van der Waals surface area contributed by atoms with E-state index in [1.807, 2.05) is 31.2 Å². The maximum absolute atomic E-state index is 10.6. The molecule has 2 nitrogen and oxygen atoms in total. The molecular formula is C10H9NO. The summed E-state index contributed by atoms with van der Waals surface area (Å²) in [4.78, 5) is 10.6. The van der Waals surface area contributed by atoms with Crippen LogP contribution in [0.4, 0.5) is 0 Å². The molecule has 0 aliphatic heterocycles. The highest BCUT2D eigenvalue weighted by molar-refractivity contribution is 5.87. The van der Waals surface area contributed by atoms with Crippen LogP contribution < -0.4 is 0 Å². The molecule has 0 saturated heterocycles. The number of fused-ring (bicyclic) bond motifs is 1. The summed E-state index contributed by atoms with van der Waals surface area (Å²) in [5, 5.41) is 1.11. The average Bonchev–Trinajstić information content (AvgIpc) is 2.49. The van der Waals surface area contributed by atoms with E-state index in [0.717, 1.165) is 22.9 Å². The predicted octanol–water partition coefficient (Wildman–Crippen LogP) is 1.99. The highest BCUT2D eigenvalue weighted by Gasteiger charge is 2.00. The Balaban J connectivity index is 2.91. The smallest absolute Gasteiger partial charge is 0.218 e. The van der Waals surface area contributed by atoms with E-state index < -0.39 is 0 Å². The Labute approximate surface area is 70.4 Å². The maximum atomic E-state index is 10.6. The topological polar surface area (TPSA) is 22.0 Å². The van der Waals surface area contributed by atoms with Crippen molar-refractivity contribution < 1.29 is 4.79 Å². The lowest BCUT2D eigenvalue weighted by atomic mass is 10.2. The van der Waals surface area contributed by atoms with Crippen LogP contribution >= 0.6 is 0 Å². The molecule has 0 aliphatic rings. The molecule has 0 bridgehead atoms. The number of nitrogens with zero attached hydrogens (tertiary/aromatic N) is 1. The van der Waals surface area contributed by atoms with Crippen molar-refractivity contribution in [2.45, 2.75) is 6.92 Å². The summed E-state index contributed by atoms with van der Waals surface area (Å²) in [6.07, 6.45) is 2.61. The molecule has 1 aromatic carbocycles. The minimum Gasteiger partial charge on any atom is -0.290 e. The van der Waals surface area contributed by atoms with Crippen molar-refractivity contribution >= 4 is 17.3 Å². The first kappa shape index (κ1) is 7.10. The van der Waals surface area contributed by atoms with Crippen LogP contribution in [0.5, 0.6) is 0 Å². The molecule has 0 fully saturated rings. The van der Waals surface area contributed by atoms with E-state index in [1.54, 1.807) is 10.8 Å². The SMILES string of the molecule is Cc1cccc2ccn(C=O)c12. The molecule has 0 aliphatic carbocycles. The molecule has 2 heteroatoms. The van der Waals surface area contributed by atoms with Crippen LogP contribution in [-0.2, 0) is 4.79 Å². The largest absolute Gasteiger partial charge is 0.290 e. The summed E-state index contributed by atoms with van der Waals surface area (Å²) in [5.41, 5.74) is 2.14. The normalized spacial score (nSPS) is 10.4. The molecule has 0 radical (unpaired) electrons. The summed E-state index contributed by atoms with van der Waals surface area (Å²) in [7, 11) is 0. The van der Waals surface area contributed by atoms with Crippen LogP contribution in [0.15, 0.2) is 30.5 Å². The Hall–Kier alpha value is -1.57. The fourth-order valence-electron chi connectivity index (χ4n) is 1.49. The van der Waals surface area contributed by atoms with Gasteiger partial charge in [-0.25, -0.2) is 0 Å². The molecule has 0 saturated carbocycles. The van der Waals surface area contributed by atoms with Crippen molar-refractivity contribution in [2.75, 3.05) is 0 Å². The van der Waals surface area contributed by atoms with Crippen LogP contribution in [0.2, 0.25) is 0 Å². The molecule has 12 heavy (non-hydrogen) atoms. The zero-order chi connectivity index (χ0) is 8.55. The number of hydrogen-bond acceptors (Lipinski definition) is 1.